The first-order valence-corrected chi connectivity index (χ1v) is 4.59. The van der Waals surface area contributed by atoms with E-state index in [1.807, 2.05) is 38.3 Å². The van der Waals surface area contributed by atoms with Crippen LogP contribution in [0, 0.1) is 0 Å². The number of hydrogen-bond acceptors (Lipinski definition) is 2. The minimum atomic E-state index is -0.404. The summed E-state index contributed by atoms with van der Waals surface area (Å²) in [5.41, 5.74) is 0.631. The Morgan fingerprint density at radius 1 is 1.46 bits per heavy atom. The molecule has 0 saturated carbocycles. The largest absolute Gasteiger partial charge is 0.335 e. The zero-order valence-electron chi connectivity index (χ0n) is 7.95. The molecule has 2 rings (SSSR count). The van der Waals surface area contributed by atoms with Gasteiger partial charge in [-0.25, -0.2) is 0 Å². The van der Waals surface area contributed by atoms with Crippen molar-refractivity contribution in [2.45, 2.75) is 25.8 Å². The van der Waals surface area contributed by atoms with Gasteiger partial charge in [0.1, 0.15) is 5.54 Å². The first-order valence-electron chi connectivity index (χ1n) is 4.59. The van der Waals surface area contributed by atoms with E-state index in [2.05, 4.69) is 4.90 Å². The molecule has 1 atom stereocenters. The lowest BCUT2D eigenvalue weighted by atomic mass is 9.90. The van der Waals surface area contributed by atoms with E-state index < -0.39 is 5.54 Å². The van der Waals surface area contributed by atoms with Crippen molar-refractivity contribution >= 4 is 5.78 Å². The lowest BCUT2D eigenvalue weighted by Crippen LogP contribution is -2.45. The first-order chi connectivity index (χ1) is 6.20. The van der Waals surface area contributed by atoms with E-state index in [-0.39, 0.29) is 5.78 Å². The second-order valence-corrected chi connectivity index (χ2v) is 3.50. The molecule has 0 spiro atoms. The summed E-state index contributed by atoms with van der Waals surface area (Å²) < 4.78 is 0. The molecule has 0 aromatic heterocycles. The summed E-state index contributed by atoms with van der Waals surface area (Å²) in [7, 11) is 0. The van der Waals surface area contributed by atoms with Crippen LogP contribution in [0.25, 0.3) is 0 Å². The Labute approximate surface area is 78.2 Å². The van der Waals surface area contributed by atoms with Gasteiger partial charge in [-0.1, -0.05) is 19.1 Å². The third kappa shape index (κ3) is 0.916. The van der Waals surface area contributed by atoms with E-state index in [0.717, 1.165) is 12.1 Å². The van der Waals surface area contributed by atoms with Gasteiger partial charge < -0.3 is 4.90 Å². The number of hydrogen-bond donors (Lipinski definition) is 0. The standard InChI is InChI=1S/C11H13NO/c1-3-11-6-4-5-7-12(11)9(2)8-10(11)13/h4-8H,3H2,1-2H3. The maximum Gasteiger partial charge on any atom is 0.187 e. The highest BCUT2D eigenvalue weighted by molar-refractivity contribution is 6.03. The van der Waals surface area contributed by atoms with Gasteiger partial charge in [0.2, 0.25) is 0 Å². The van der Waals surface area contributed by atoms with Crippen molar-refractivity contribution < 1.29 is 4.79 Å². The number of nitrogens with zero attached hydrogens (tertiary/aromatic N) is 1. The third-order valence-corrected chi connectivity index (χ3v) is 2.83. The van der Waals surface area contributed by atoms with E-state index in [1.165, 1.54) is 0 Å². The molecule has 1 unspecified atom stereocenters. The highest BCUT2D eigenvalue weighted by Crippen LogP contribution is 2.35. The molecule has 13 heavy (non-hydrogen) atoms. The third-order valence-electron chi connectivity index (χ3n) is 2.83. The van der Waals surface area contributed by atoms with Gasteiger partial charge in [0.25, 0.3) is 0 Å². The number of rotatable bonds is 1. The van der Waals surface area contributed by atoms with Crippen molar-refractivity contribution in [1.29, 1.82) is 0 Å². The van der Waals surface area contributed by atoms with Gasteiger partial charge in [-0.3, -0.25) is 4.79 Å². The number of allylic oxidation sites excluding steroid dienone is 3. The lowest BCUT2D eigenvalue weighted by Gasteiger charge is -2.36. The molecule has 0 aromatic rings. The van der Waals surface area contributed by atoms with Gasteiger partial charge in [-0.05, 0) is 19.4 Å². The lowest BCUT2D eigenvalue weighted by molar-refractivity contribution is -0.120. The smallest absolute Gasteiger partial charge is 0.187 e. The maximum absolute atomic E-state index is 11.8. The normalized spacial score (nSPS) is 30.8. The Balaban J connectivity index is 2.49. The van der Waals surface area contributed by atoms with E-state index in [4.69, 9.17) is 0 Å². The zero-order valence-corrected chi connectivity index (χ0v) is 7.95. The van der Waals surface area contributed by atoms with E-state index >= 15 is 0 Å². The van der Waals surface area contributed by atoms with E-state index in [0.29, 0.717) is 0 Å². The summed E-state index contributed by atoms with van der Waals surface area (Å²) in [6, 6.07) is 0. The average molecular weight is 175 g/mol. The fourth-order valence-corrected chi connectivity index (χ4v) is 2.04. The van der Waals surface area contributed by atoms with Gasteiger partial charge in [0, 0.05) is 18.0 Å². The SMILES string of the molecule is CCC12C=CC=CN1C(C)=CC2=O. The van der Waals surface area contributed by atoms with Crippen molar-refractivity contribution in [2.75, 3.05) is 0 Å². The zero-order chi connectivity index (χ0) is 9.47. The van der Waals surface area contributed by atoms with Crippen LogP contribution in [0.1, 0.15) is 20.3 Å². The second kappa shape index (κ2) is 2.59. The Hall–Kier alpha value is -1.31. The molecule has 2 heterocycles. The molecule has 0 radical (unpaired) electrons. The molecule has 68 valence electrons. The van der Waals surface area contributed by atoms with Crippen LogP contribution in [0.5, 0.6) is 0 Å². The van der Waals surface area contributed by atoms with Crippen LogP contribution >= 0.6 is 0 Å². The molecular weight excluding hydrogens is 162 g/mol. The van der Waals surface area contributed by atoms with E-state index in [1.54, 1.807) is 6.08 Å². The first kappa shape index (κ1) is 8.30. The van der Waals surface area contributed by atoms with Crippen LogP contribution < -0.4 is 0 Å². The van der Waals surface area contributed by atoms with Crippen molar-refractivity contribution in [1.82, 2.24) is 4.90 Å². The quantitative estimate of drug-likeness (QED) is 0.607. The van der Waals surface area contributed by atoms with Crippen molar-refractivity contribution in [3.8, 4) is 0 Å². The number of fused-ring (bicyclic) bond motifs is 1. The van der Waals surface area contributed by atoms with Crippen LogP contribution in [0.4, 0.5) is 0 Å². The maximum atomic E-state index is 11.8. The minimum Gasteiger partial charge on any atom is -0.335 e. The van der Waals surface area contributed by atoms with Crippen LogP contribution in [0.2, 0.25) is 0 Å². The summed E-state index contributed by atoms with van der Waals surface area (Å²) in [6.07, 6.45) is 10.4. The molecule has 0 aromatic carbocycles. The summed E-state index contributed by atoms with van der Waals surface area (Å²) in [5, 5.41) is 0. The van der Waals surface area contributed by atoms with Gasteiger partial charge in [0.15, 0.2) is 5.78 Å². The molecule has 0 aliphatic carbocycles. The van der Waals surface area contributed by atoms with Crippen LogP contribution in [0.15, 0.2) is 36.2 Å². The summed E-state index contributed by atoms with van der Waals surface area (Å²) in [4.78, 5) is 13.8. The molecule has 2 nitrogen and oxygen atoms in total. The molecular formula is C11H13NO. The van der Waals surface area contributed by atoms with Gasteiger partial charge >= 0.3 is 0 Å². The molecule has 0 bridgehead atoms. The highest BCUT2D eigenvalue weighted by atomic mass is 16.1. The Morgan fingerprint density at radius 2 is 2.23 bits per heavy atom. The Kier molecular flexibility index (Phi) is 1.65. The Bertz CT molecular complexity index is 338. The van der Waals surface area contributed by atoms with Crippen LogP contribution in [-0.2, 0) is 4.79 Å². The summed E-state index contributed by atoms with van der Waals surface area (Å²) in [5.74, 6) is 0.202. The number of carbonyl (C=O) groups excluding carboxylic acids is 1. The van der Waals surface area contributed by atoms with E-state index in [9.17, 15) is 4.79 Å². The van der Waals surface area contributed by atoms with Crippen molar-refractivity contribution in [3.63, 3.8) is 0 Å². The summed E-state index contributed by atoms with van der Waals surface area (Å²) in [6.45, 7) is 4.01. The molecule has 0 N–H and O–H groups in total. The van der Waals surface area contributed by atoms with Crippen LogP contribution in [-0.4, -0.2) is 16.2 Å². The molecule has 0 fully saturated rings. The van der Waals surface area contributed by atoms with Gasteiger partial charge in [-0.2, -0.15) is 0 Å². The fourth-order valence-electron chi connectivity index (χ4n) is 2.04. The van der Waals surface area contributed by atoms with Crippen LogP contribution in [0.3, 0.4) is 0 Å². The minimum absolute atomic E-state index is 0.202. The molecule has 2 heteroatoms. The van der Waals surface area contributed by atoms with Crippen molar-refractivity contribution in [2.24, 2.45) is 0 Å². The predicted octanol–water partition coefficient (Wildman–Crippen LogP) is 2.01. The average Bonchev–Trinajstić information content (AvgIpc) is 2.41. The predicted molar refractivity (Wildman–Crippen MR) is 51.9 cm³/mol. The molecule has 0 saturated heterocycles. The van der Waals surface area contributed by atoms with Crippen molar-refractivity contribution in [3.05, 3.63) is 36.2 Å². The molecule has 2 aliphatic heterocycles. The number of carbonyl (C=O) groups is 1. The molecule has 2 aliphatic rings. The molecule has 0 amide bonds. The second-order valence-electron chi connectivity index (χ2n) is 3.50. The highest BCUT2D eigenvalue weighted by Gasteiger charge is 2.43. The Morgan fingerprint density at radius 3 is 2.85 bits per heavy atom. The fraction of sp³-hybridized carbons (Fsp3) is 0.364. The monoisotopic (exact) mass is 175 g/mol. The van der Waals surface area contributed by atoms with Gasteiger partial charge in [-0.15, -0.1) is 0 Å². The number of ketones is 1. The topological polar surface area (TPSA) is 20.3 Å². The summed E-state index contributed by atoms with van der Waals surface area (Å²) >= 11 is 0. The van der Waals surface area contributed by atoms with Gasteiger partial charge in [0.05, 0.1) is 0 Å².